The average molecular weight is 188 g/mol. The molecule has 0 aliphatic carbocycles. The van der Waals surface area contributed by atoms with Crippen LogP contribution in [0, 0.1) is 0 Å². The summed E-state index contributed by atoms with van der Waals surface area (Å²) in [6.07, 6.45) is 2.18. The monoisotopic (exact) mass is 188 g/mol. The molecule has 1 aromatic heterocycles. The van der Waals surface area contributed by atoms with E-state index in [0.29, 0.717) is 4.85 Å². The molecule has 0 aliphatic heterocycles. The molecule has 0 unspecified atom stereocenters. The van der Waals surface area contributed by atoms with E-state index in [1.807, 2.05) is 0 Å². The van der Waals surface area contributed by atoms with E-state index in [0.717, 1.165) is 12.7 Å². The van der Waals surface area contributed by atoms with Gasteiger partial charge in [-0.05, 0) is 0 Å². The molecule has 7 nitrogen and oxygen atoms in total. The molecule has 0 saturated carbocycles. The standard InChI is InChI=1S/C2H4N4O3S.Na.H/c3-10(7,8)9-6-2-4-1-5-6;;/h1-2H,(H2,3,7,8);;/q;+1;-1. The first-order valence-electron chi connectivity index (χ1n) is 2.15. The third-order valence-corrected chi connectivity index (χ3v) is 0.938. The molecule has 9 heteroatoms. The summed E-state index contributed by atoms with van der Waals surface area (Å²) in [4.78, 5) is 4.05. The molecular weight excluding hydrogens is 183 g/mol. The summed E-state index contributed by atoms with van der Waals surface area (Å²) in [6.45, 7) is 0. The van der Waals surface area contributed by atoms with Crippen LogP contribution in [0.4, 0.5) is 0 Å². The van der Waals surface area contributed by atoms with Gasteiger partial charge in [0.15, 0.2) is 6.33 Å². The Labute approximate surface area is 86.5 Å². The van der Waals surface area contributed by atoms with Gasteiger partial charge >= 0.3 is 39.9 Å². The molecule has 0 saturated heterocycles. The maximum absolute atomic E-state index is 10.2. The quantitative estimate of drug-likeness (QED) is 0.468. The van der Waals surface area contributed by atoms with Gasteiger partial charge in [-0.3, -0.25) is 4.28 Å². The molecule has 58 valence electrons. The number of nitrogens with zero attached hydrogens (tertiary/aromatic N) is 3. The van der Waals surface area contributed by atoms with E-state index in [9.17, 15) is 8.42 Å². The van der Waals surface area contributed by atoms with Gasteiger partial charge in [0, 0.05) is 0 Å². The van der Waals surface area contributed by atoms with Crippen LogP contribution in [0.1, 0.15) is 1.43 Å². The molecule has 0 bridgehead atoms. The van der Waals surface area contributed by atoms with Crippen molar-refractivity contribution in [3.05, 3.63) is 12.7 Å². The van der Waals surface area contributed by atoms with Crippen molar-refractivity contribution in [3.63, 3.8) is 0 Å². The first-order valence-corrected chi connectivity index (χ1v) is 3.62. The predicted octanol–water partition coefficient (Wildman–Crippen LogP) is -4.97. The van der Waals surface area contributed by atoms with E-state index in [2.05, 4.69) is 19.5 Å². The fourth-order valence-corrected chi connectivity index (χ4v) is 0.632. The van der Waals surface area contributed by atoms with Crippen LogP contribution < -0.4 is 39.0 Å². The van der Waals surface area contributed by atoms with Crippen molar-refractivity contribution < 1.29 is 43.7 Å². The van der Waals surface area contributed by atoms with Gasteiger partial charge in [-0.1, -0.05) is 4.85 Å². The van der Waals surface area contributed by atoms with Crippen molar-refractivity contribution in [2.24, 2.45) is 5.14 Å². The SMILES string of the molecule is NS(=O)(=O)On1cncn1.[H-].[Na+]. The minimum absolute atomic E-state index is 0. The third kappa shape index (κ3) is 4.32. The van der Waals surface area contributed by atoms with Gasteiger partial charge in [-0.2, -0.15) is 13.6 Å². The summed E-state index contributed by atoms with van der Waals surface area (Å²) in [5, 5.41) is 7.81. The third-order valence-electron chi connectivity index (χ3n) is 0.578. The van der Waals surface area contributed by atoms with E-state index >= 15 is 0 Å². The summed E-state index contributed by atoms with van der Waals surface area (Å²) < 4.78 is 24.4. The molecule has 0 aromatic carbocycles. The molecule has 0 fully saturated rings. The second-order valence-electron chi connectivity index (χ2n) is 1.37. The van der Waals surface area contributed by atoms with Crippen LogP contribution >= 0.6 is 0 Å². The van der Waals surface area contributed by atoms with Crippen molar-refractivity contribution in [3.8, 4) is 0 Å². The van der Waals surface area contributed by atoms with E-state index in [1.165, 1.54) is 0 Å². The molecular formula is C2H5N4NaO3S. The van der Waals surface area contributed by atoms with Gasteiger partial charge in [-0.25, -0.2) is 4.98 Å². The summed E-state index contributed by atoms with van der Waals surface area (Å²) in [6, 6.07) is 0. The van der Waals surface area contributed by atoms with Crippen LogP contribution in [0.15, 0.2) is 12.7 Å². The first kappa shape index (κ1) is 10.8. The number of aromatic nitrogens is 3. The maximum Gasteiger partial charge on any atom is 1.00 e. The normalized spacial score (nSPS) is 10.3. The Kier molecular flexibility index (Phi) is 3.97. The van der Waals surface area contributed by atoms with Crippen LogP contribution in [0.25, 0.3) is 0 Å². The summed E-state index contributed by atoms with van der Waals surface area (Å²) >= 11 is 0. The van der Waals surface area contributed by atoms with Crippen LogP contribution in [0.5, 0.6) is 0 Å². The van der Waals surface area contributed by atoms with Gasteiger partial charge in [-0.15, -0.1) is 5.10 Å². The summed E-state index contributed by atoms with van der Waals surface area (Å²) in [7, 11) is -3.99. The Morgan fingerprint density at radius 3 is 2.64 bits per heavy atom. The van der Waals surface area contributed by atoms with Gasteiger partial charge in [0.2, 0.25) is 0 Å². The van der Waals surface area contributed by atoms with Gasteiger partial charge in [0.05, 0.1) is 0 Å². The van der Waals surface area contributed by atoms with E-state index in [4.69, 9.17) is 0 Å². The van der Waals surface area contributed by atoms with Crippen LogP contribution in [0.3, 0.4) is 0 Å². The van der Waals surface area contributed by atoms with Crippen LogP contribution in [-0.2, 0) is 10.3 Å². The molecule has 1 heterocycles. The van der Waals surface area contributed by atoms with Gasteiger partial charge < -0.3 is 1.43 Å². The Hall–Kier alpha value is -0.150. The fourth-order valence-electron chi connectivity index (χ4n) is 0.342. The van der Waals surface area contributed by atoms with E-state index in [-0.39, 0.29) is 31.0 Å². The second kappa shape index (κ2) is 4.02. The number of hydrogen-bond acceptors (Lipinski definition) is 5. The second-order valence-corrected chi connectivity index (χ2v) is 2.50. The molecule has 0 radical (unpaired) electrons. The fraction of sp³-hybridized carbons (Fsp3) is 0. The van der Waals surface area contributed by atoms with Crippen molar-refractivity contribution >= 4 is 10.3 Å². The topological polar surface area (TPSA) is 100 Å². The van der Waals surface area contributed by atoms with Crippen LogP contribution in [-0.4, -0.2) is 23.3 Å². The van der Waals surface area contributed by atoms with Crippen molar-refractivity contribution in [2.75, 3.05) is 0 Å². The van der Waals surface area contributed by atoms with E-state index in [1.54, 1.807) is 0 Å². The largest absolute Gasteiger partial charge is 1.00 e. The summed E-state index contributed by atoms with van der Waals surface area (Å²) in [5.41, 5.74) is 0. The molecule has 11 heavy (non-hydrogen) atoms. The number of rotatable bonds is 2. The molecule has 1 rings (SSSR count). The zero-order chi connectivity index (χ0) is 7.61. The van der Waals surface area contributed by atoms with Crippen molar-refractivity contribution in [2.45, 2.75) is 0 Å². The smallest absolute Gasteiger partial charge is 1.00 e. The maximum atomic E-state index is 10.2. The Morgan fingerprint density at radius 1 is 1.64 bits per heavy atom. The van der Waals surface area contributed by atoms with Gasteiger partial charge in [0.25, 0.3) is 0 Å². The Morgan fingerprint density at radius 2 is 2.27 bits per heavy atom. The number of nitrogens with two attached hydrogens (primary N) is 1. The molecule has 0 aliphatic rings. The Bertz CT molecular complexity index is 298. The zero-order valence-corrected chi connectivity index (χ0v) is 8.52. The number of hydrogen-bond donors (Lipinski definition) is 1. The van der Waals surface area contributed by atoms with Crippen molar-refractivity contribution in [1.82, 2.24) is 14.9 Å². The van der Waals surface area contributed by atoms with E-state index < -0.39 is 10.3 Å². The first-order chi connectivity index (χ1) is 4.58. The minimum atomic E-state index is -3.99. The predicted molar refractivity (Wildman–Crippen MR) is 30.8 cm³/mol. The molecule has 0 amide bonds. The van der Waals surface area contributed by atoms with Gasteiger partial charge in [0.1, 0.15) is 6.33 Å². The van der Waals surface area contributed by atoms with Crippen molar-refractivity contribution in [1.29, 1.82) is 0 Å². The zero-order valence-electron chi connectivity index (χ0n) is 6.71. The Balaban J connectivity index is 0. The molecule has 0 atom stereocenters. The molecule has 0 spiro atoms. The summed E-state index contributed by atoms with van der Waals surface area (Å²) in [5.74, 6) is 0. The minimum Gasteiger partial charge on any atom is -1.00 e. The average Bonchev–Trinajstić information content (AvgIpc) is 2.12. The molecule has 2 N–H and O–H groups in total. The van der Waals surface area contributed by atoms with Crippen LogP contribution in [0.2, 0.25) is 0 Å². The molecule has 1 aromatic rings.